The fourth-order valence-electron chi connectivity index (χ4n) is 4.07. The second-order valence-corrected chi connectivity index (χ2v) is 6.73. The molecule has 0 aromatic carbocycles. The number of Topliss-reactive ketones (excluding diaryl/α,β-unsaturated/α-hetero) is 1. The van der Waals surface area contributed by atoms with E-state index >= 15 is 0 Å². The van der Waals surface area contributed by atoms with Crippen molar-refractivity contribution in [3.63, 3.8) is 0 Å². The fourth-order valence-corrected chi connectivity index (χ4v) is 4.07. The van der Waals surface area contributed by atoms with Crippen LogP contribution in [0.15, 0.2) is 0 Å². The first-order valence-electron chi connectivity index (χ1n) is 8.19. The Morgan fingerprint density at radius 2 is 1.68 bits per heavy atom. The van der Waals surface area contributed by atoms with Crippen molar-refractivity contribution in [3.05, 3.63) is 22.5 Å². The number of ketones is 1. The summed E-state index contributed by atoms with van der Waals surface area (Å²) in [6, 6.07) is 0. The largest absolute Gasteiger partial charge is 0.354 e. The minimum absolute atomic E-state index is 0.0155. The van der Waals surface area contributed by atoms with Crippen LogP contribution in [-0.4, -0.2) is 47.8 Å². The van der Waals surface area contributed by atoms with Crippen molar-refractivity contribution < 1.29 is 9.59 Å². The van der Waals surface area contributed by atoms with Crippen LogP contribution in [0.3, 0.4) is 0 Å². The normalized spacial score (nSPS) is 25.0. The van der Waals surface area contributed by atoms with E-state index in [0.717, 1.165) is 50.3 Å². The van der Waals surface area contributed by atoms with Crippen LogP contribution in [0.4, 0.5) is 0 Å². The molecule has 0 bridgehead atoms. The molecule has 1 aromatic heterocycles. The lowest BCUT2D eigenvalue weighted by atomic mass is 9.92. The first kappa shape index (κ1) is 15.3. The molecule has 2 aliphatic heterocycles. The Balaban J connectivity index is 1.79. The van der Waals surface area contributed by atoms with Crippen molar-refractivity contribution in [2.45, 2.75) is 33.6 Å². The average molecular weight is 303 g/mol. The number of likely N-dealkylation sites (tertiary alicyclic amines) is 1. The van der Waals surface area contributed by atoms with Gasteiger partial charge in [0.15, 0.2) is 5.78 Å². The number of rotatable bonds is 2. The van der Waals surface area contributed by atoms with E-state index in [0.29, 0.717) is 23.1 Å². The molecule has 2 fully saturated rings. The van der Waals surface area contributed by atoms with Gasteiger partial charge in [0.05, 0.1) is 0 Å². The smallest absolute Gasteiger partial charge is 0.270 e. The number of amides is 1. The van der Waals surface area contributed by atoms with Crippen molar-refractivity contribution >= 4 is 11.7 Å². The lowest BCUT2D eigenvalue weighted by Gasteiger charge is -2.20. The molecular weight excluding hydrogens is 278 g/mol. The molecule has 3 rings (SSSR count). The predicted molar refractivity (Wildman–Crippen MR) is 85.3 cm³/mol. The lowest BCUT2D eigenvalue weighted by molar-refractivity contribution is 0.0752. The lowest BCUT2D eigenvalue weighted by Crippen LogP contribution is -2.33. The maximum Gasteiger partial charge on any atom is 0.270 e. The van der Waals surface area contributed by atoms with Gasteiger partial charge in [0, 0.05) is 24.3 Å². The van der Waals surface area contributed by atoms with Gasteiger partial charge < -0.3 is 15.2 Å². The average Bonchev–Trinajstić information content (AvgIpc) is 2.97. The van der Waals surface area contributed by atoms with Crippen molar-refractivity contribution in [1.29, 1.82) is 0 Å². The predicted octanol–water partition coefficient (Wildman–Crippen LogP) is 1.91. The number of aromatic amines is 1. The first-order valence-corrected chi connectivity index (χ1v) is 8.19. The summed E-state index contributed by atoms with van der Waals surface area (Å²) in [6.07, 6.45) is 2.14. The number of aryl methyl sites for hydroxylation is 1. The zero-order valence-electron chi connectivity index (χ0n) is 13.7. The third kappa shape index (κ3) is 2.58. The van der Waals surface area contributed by atoms with Gasteiger partial charge in [-0.25, -0.2) is 0 Å². The number of hydrogen-bond acceptors (Lipinski definition) is 3. The molecule has 2 saturated heterocycles. The van der Waals surface area contributed by atoms with Crippen LogP contribution in [0, 0.1) is 25.7 Å². The van der Waals surface area contributed by atoms with E-state index in [4.69, 9.17) is 0 Å². The molecule has 3 heterocycles. The number of carbonyl (C=O) groups is 2. The maximum atomic E-state index is 12.8. The number of nitrogens with one attached hydrogen (secondary N) is 2. The standard InChI is InChI=1S/C17H25N3O2/c1-10-15(12(3)21)11(2)19-16(10)17(22)20-6-4-13-8-18-9-14(13)5-7-20/h13-14,18-19H,4-9H2,1-3H3/t13-,14+. The van der Waals surface area contributed by atoms with Gasteiger partial charge in [0.2, 0.25) is 0 Å². The summed E-state index contributed by atoms with van der Waals surface area (Å²) in [7, 11) is 0. The molecule has 2 atom stereocenters. The maximum absolute atomic E-state index is 12.8. The third-order valence-corrected chi connectivity index (χ3v) is 5.31. The fraction of sp³-hybridized carbons (Fsp3) is 0.647. The molecule has 1 aromatic rings. The molecule has 22 heavy (non-hydrogen) atoms. The molecular formula is C17H25N3O2. The summed E-state index contributed by atoms with van der Waals surface area (Å²) >= 11 is 0. The van der Waals surface area contributed by atoms with E-state index in [1.165, 1.54) is 0 Å². The van der Waals surface area contributed by atoms with E-state index in [9.17, 15) is 9.59 Å². The Bertz CT molecular complexity index is 591. The van der Waals surface area contributed by atoms with Crippen LogP contribution in [0.1, 0.15) is 51.9 Å². The van der Waals surface area contributed by atoms with Crippen LogP contribution in [0.2, 0.25) is 0 Å². The number of H-pyrrole nitrogens is 1. The molecule has 120 valence electrons. The van der Waals surface area contributed by atoms with Crippen LogP contribution in [0.5, 0.6) is 0 Å². The van der Waals surface area contributed by atoms with Crippen LogP contribution in [0.25, 0.3) is 0 Å². The molecule has 5 heteroatoms. The van der Waals surface area contributed by atoms with Gasteiger partial charge in [-0.2, -0.15) is 0 Å². The summed E-state index contributed by atoms with van der Waals surface area (Å²) in [6.45, 7) is 9.08. The van der Waals surface area contributed by atoms with E-state index in [2.05, 4.69) is 10.3 Å². The number of fused-ring (bicyclic) bond motifs is 1. The van der Waals surface area contributed by atoms with Gasteiger partial charge in [-0.1, -0.05) is 0 Å². The van der Waals surface area contributed by atoms with Crippen LogP contribution < -0.4 is 5.32 Å². The van der Waals surface area contributed by atoms with Gasteiger partial charge in [-0.05, 0) is 64.1 Å². The second kappa shape index (κ2) is 5.88. The Hall–Kier alpha value is -1.62. The van der Waals surface area contributed by atoms with Gasteiger partial charge in [-0.3, -0.25) is 9.59 Å². The summed E-state index contributed by atoms with van der Waals surface area (Å²) in [5.74, 6) is 1.47. The zero-order chi connectivity index (χ0) is 15.9. The van der Waals surface area contributed by atoms with E-state index in [1.54, 1.807) is 6.92 Å². The molecule has 0 radical (unpaired) electrons. The highest BCUT2D eigenvalue weighted by molar-refractivity contribution is 6.02. The van der Waals surface area contributed by atoms with Crippen molar-refractivity contribution in [2.75, 3.05) is 26.2 Å². The number of carbonyl (C=O) groups excluding carboxylic acids is 2. The molecule has 0 unspecified atom stereocenters. The van der Waals surface area contributed by atoms with Crippen molar-refractivity contribution in [3.8, 4) is 0 Å². The number of nitrogens with zero attached hydrogens (tertiary/aromatic N) is 1. The molecule has 1 amide bonds. The monoisotopic (exact) mass is 303 g/mol. The highest BCUT2D eigenvalue weighted by atomic mass is 16.2. The Morgan fingerprint density at radius 1 is 1.09 bits per heavy atom. The molecule has 0 spiro atoms. The van der Waals surface area contributed by atoms with E-state index in [-0.39, 0.29) is 11.7 Å². The summed E-state index contributed by atoms with van der Waals surface area (Å²) in [4.78, 5) is 29.7. The minimum atomic E-state index is 0.0155. The van der Waals surface area contributed by atoms with Crippen LogP contribution >= 0.6 is 0 Å². The van der Waals surface area contributed by atoms with Gasteiger partial charge in [-0.15, -0.1) is 0 Å². The topological polar surface area (TPSA) is 65.2 Å². The summed E-state index contributed by atoms with van der Waals surface area (Å²) < 4.78 is 0. The zero-order valence-corrected chi connectivity index (χ0v) is 13.7. The van der Waals surface area contributed by atoms with Crippen LogP contribution in [-0.2, 0) is 0 Å². The van der Waals surface area contributed by atoms with E-state index in [1.807, 2.05) is 18.7 Å². The molecule has 0 saturated carbocycles. The molecule has 2 aliphatic rings. The summed E-state index contributed by atoms with van der Waals surface area (Å²) in [5, 5.41) is 3.45. The molecule has 0 aliphatic carbocycles. The highest BCUT2D eigenvalue weighted by Crippen LogP contribution is 2.28. The number of aromatic nitrogens is 1. The SMILES string of the molecule is CC(=O)c1c(C)[nH]c(C(=O)N2CC[C@@H]3CNC[C@@H]3CC2)c1C. The highest BCUT2D eigenvalue weighted by Gasteiger charge is 2.32. The van der Waals surface area contributed by atoms with Gasteiger partial charge in [0.25, 0.3) is 5.91 Å². The summed E-state index contributed by atoms with van der Waals surface area (Å²) in [5.41, 5.74) is 2.84. The van der Waals surface area contributed by atoms with E-state index < -0.39 is 0 Å². The Labute approximate surface area is 131 Å². The number of hydrogen-bond donors (Lipinski definition) is 2. The minimum Gasteiger partial charge on any atom is -0.354 e. The second-order valence-electron chi connectivity index (χ2n) is 6.73. The van der Waals surface area contributed by atoms with Crippen molar-refractivity contribution in [2.24, 2.45) is 11.8 Å². The van der Waals surface area contributed by atoms with Gasteiger partial charge >= 0.3 is 0 Å². The Kier molecular flexibility index (Phi) is 4.08. The third-order valence-electron chi connectivity index (χ3n) is 5.31. The molecule has 5 nitrogen and oxygen atoms in total. The van der Waals surface area contributed by atoms with Gasteiger partial charge in [0.1, 0.15) is 5.69 Å². The Morgan fingerprint density at radius 3 is 2.18 bits per heavy atom. The first-order chi connectivity index (χ1) is 10.5. The quantitative estimate of drug-likeness (QED) is 0.820. The van der Waals surface area contributed by atoms with Crippen molar-refractivity contribution in [1.82, 2.24) is 15.2 Å². The molecule has 2 N–H and O–H groups in total.